The molecule has 0 fully saturated rings. The number of hydrogen-bond donors (Lipinski definition) is 1. The van der Waals surface area contributed by atoms with Crippen LogP contribution in [0.25, 0.3) is 0 Å². The van der Waals surface area contributed by atoms with Crippen LogP contribution in [0.1, 0.15) is 13.8 Å². The van der Waals surface area contributed by atoms with Crippen molar-refractivity contribution in [3.05, 3.63) is 23.4 Å². The maximum Gasteiger partial charge on any atom is 0.236 e. The first-order chi connectivity index (χ1) is 6.43. The Hall–Kier alpha value is -0.810. The number of halogens is 1. The van der Waals surface area contributed by atoms with Gasteiger partial charge in [0.1, 0.15) is 0 Å². The standard InChI is InChI=1S/C8H11ClN2O2S/c1-6(2)14(12,13)11-8-7(9)4-3-5-10-8/h3-6H,1-2H3,(H,10,11). The number of rotatable bonds is 3. The van der Waals surface area contributed by atoms with E-state index in [1.165, 1.54) is 6.20 Å². The second-order valence-electron chi connectivity index (χ2n) is 3.03. The van der Waals surface area contributed by atoms with Crippen molar-refractivity contribution in [2.24, 2.45) is 0 Å². The normalized spacial score (nSPS) is 11.7. The summed E-state index contributed by atoms with van der Waals surface area (Å²) in [7, 11) is -3.37. The summed E-state index contributed by atoms with van der Waals surface area (Å²) in [5, 5.41) is -0.225. The lowest BCUT2D eigenvalue weighted by molar-refractivity contribution is 0.592. The Morgan fingerprint density at radius 2 is 2.14 bits per heavy atom. The fourth-order valence-electron chi connectivity index (χ4n) is 0.713. The molecule has 14 heavy (non-hydrogen) atoms. The Kier molecular flexibility index (Phi) is 3.34. The molecule has 0 amide bonds. The van der Waals surface area contributed by atoms with E-state index in [9.17, 15) is 8.42 Å². The van der Waals surface area contributed by atoms with Gasteiger partial charge in [0.2, 0.25) is 10.0 Å². The average Bonchev–Trinajstić information content (AvgIpc) is 2.08. The first kappa shape index (κ1) is 11.3. The zero-order valence-corrected chi connectivity index (χ0v) is 9.43. The Bertz CT molecular complexity index is 417. The van der Waals surface area contributed by atoms with E-state index in [-0.39, 0.29) is 10.8 Å². The van der Waals surface area contributed by atoms with Crippen molar-refractivity contribution >= 4 is 27.4 Å². The third-order valence-electron chi connectivity index (χ3n) is 1.62. The van der Waals surface area contributed by atoms with Gasteiger partial charge in [-0.15, -0.1) is 0 Å². The van der Waals surface area contributed by atoms with Gasteiger partial charge in [-0.1, -0.05) is 11.6 Å². The van der Waals surface area contributed by atoms with E-state index >= 15 is 0 Å². The SMILES string of the molecule is CC(C)S(=O)(=O)Nc1ncccc1Cl. The number of hydrogen-bond acceptors (Lipinski definition) is 3. The largest absolute Gasteiger partial charge is 0.266 e. The van der Waals surface area contributed by atoms with Crippen LogP contribution in [0, 0.1) is 0 Å². The molecule has 0 aliphatic rings. The summed E-state index contributed by atoms with van der Waals surface area (Å²) in [5.74, 6) is 0.169. The molecule has 0 bridgehead atoms. The van der Waals surface area contributed by atoms with Crippen LogP contribution in [0.4, 0.5) is 5.82 Å². The summed E-state index contributed by atoms with van der Waals surface area (Å²) in [4.78, 5) is 3.82. The molecular weight excluding hydrogens is 224 g/mol. The minimum Gasteiger partial charge on any atom is -0.266 e. The molecule has 0 radical (unpaired) electrons. The van der Waals surface area contributed by atoms with Crippen LogP contribution in [0.2, 0.25) is 5.02 Å². The van der Waals surface area contributed by atoms with Crippen molar-refractivity contribution in [1.82, 2.24) is 4.98 Å². The number of anilines is 1. The summed E-state index contributed by atoms with van der Waals surface area (Å²) >= 11 is 5.75. The van der Waals surface area contributed by atoms with Crippen LogP contribution < -0.4 is 4.72 Å². The number of nitrogens with one attached hydrogen (secondary N) is 1. The first-order valence-electron chi connectivity index (χ1n) is 4.05. The topological polar surface area (TPSA) is 59.1 Å². The maximum atomic E-state index is 11.4. The molecule has 0 spiro atoms. The van der Waals surface area contributed by atoms with Crippen molar-refractivity contribution in [3.8, 4) is 0 Å². The molecular formula is C8H11ClN2O2S. The Labute approximate surface area is 88.4 Å². The highest BCUT2D eigenvalue weighted by molar-refractivity contribution is 7.93. The van der Waals surface area contributed by atoms with Crippen molar-refractivity contribution in [3.63, 3.8) is 0 Å². The first-order valence-corrected chi connectivity index (χ1v) is 5.98. The molecule has 0 unspecified atom stereocenters. The molecule has 4 nitrogen and oxygen atoms in total. The predicted molar refractivity (Wildman–Crippen MR) is 56.9 cm³/mol. The molecule has 1 aromatic rings. The fraction of sp³-hybridized carbons (Fsp3) is 0.375. The van der Waals surface area contributed by atoms with Gasteiger partial charge in [-0.05, 0) is 26.0 Å². The van der Waals surface area contributed by atoms with Gasteiger partial charge in [0.15, 0.2) is 5.82 Å². The second kappa shape index (κ2) is 4.14. The van der Waals surface area contributed by atoms with Crippen molar-refractivity contribution in [2.75, 3.05) is 4.72 Å². The van der Waals surface area contributed by atoms with Crippen LogP contribution in [-0.4, -0.2) is 18.7 Å². The molecule has 1 aromatic heterocycles. The summed E-state index contributed by atoms with van der Waals surface area (Å²) in [6.07, 6.45) is 1.48. The van der Waals surface area contributed by atoms with Gasteiger partial charge in [0.05, 0.1) is 10.3 Å². The fourth-order valence-corrected chi connectivity index (χ4v) is 1.61. The number of aromatic nitrogens is 1. The Morgan fingerprint density at radius 1 is 1.50 bits per heavy atom. The molecule has 0 aliphatic heterocycles. The maximum absolute atomic E-state index is 11.4. The Balaban J connectivity index is 2.96. The summed E-state index contributed by atoms with van der Waals surface area (Å²) in [6, 6.07) is 3.21. The lowest BCUT2D eigenvalue weighted by Crippen LogP contribution is -2.23. The predicted octanol–water partition coefficient (Wildman–Crippen LogP) is 1.89. The van der Waals surface area contributed by atoms with E-state index in [1.807, 2.05) is 0 Å². The highest BCUT2D eigenvalue weighted by Crippen LogP contribution is 2.19. The summed E-state index contributed by atoms with van der Waals surface area (Å²) in [6.45, 7) is 3.17. The van der Waals surface area contributed by atoms with E-state index in [0.717, 1.165) is 0 Å². The zero-order valence-electron chi connectivity index (χ0n) is 7.86. The molecule has 0 aromatic carbocycles. The molecule has 0 saturated carbocycles. The van der Waals surface area contributed by atoms with E-state index in [4.69, 9.17) is 11.6 Å². The summed E-state index contributed by atoms with van der Waals surface area (Å²) in [5.41, 5.74) is 0. The van der Waals surface area contributed by atoms with Crippen molar-refractivity contribution in [2.45, 2.75) is 19.1 Å². The zero-order chi connectivity index (χ0) is 10.8. The van der Waals surface area contributed by atoms with Gasteiger partial charge in [0.25, 0.3) is 0 Å². The molecule has 78 valence electrons. The van der Waals surface area contributed by atoms with Crippen LogP contribution in [0.15, 0.2) is 18.3 Å². The summed E-state index contributed by atoms with van der Waals surface area (Å²) < 4.78 is 25.2. The van der Waals surface area contributed by atoms with Gasteiger partial charge in [-0.2, -0.15) is 0 Å². The smallest absolute Gasteiger partial charge is 0.236 e. The number of nitrogens with zero attached hydrogens (tertiary/aromatic N) is 1. The van der Waals surface area contributed by atoms with Crippen LogP contribution in [-0.2, 0) is 10.0 Å². The van der Waals surface area contributed by atoms with Gasteiger partial charge >= 0.3 is 0 Å². The number of pyridine rings is 1. The highest BCUT2D eigenvalue weighted by atomic mass is 35.5. The third kappa shape index (κ3) is 2.59. The number of sulfonamides is 1. The van der Waals surface area contributed by atoms with Gasteiger partial charge < -0.3 is 0 Å². The molecule has 0 saturated heterocycles. The lowest BCUT2D eigenvalue weighted by atomic mass is 10.5. The monoisotopic (exact) mass is 234 g/mol. The minimum absolute atomic E-state index is 0.169. The van der Waals surface area contributed by atoms with Crippen LogP contribution in [0.3, 0.4) is 0 Å². The molecule has 0 aliphatic carbocycles. The van der Waals surface area contributed by atoms with E-state index < -0.39 is 15.3 Å². The Morgan fingerprint density at radius 3 is 2.64 bits per heavy atom. The van der Waals surface area contributed by atoms with Crippen molar-refractivity contribution < 1.29 is 8.42 Å². The molecule has 1 heterocycles. The van der Waals surface area contributed by atoms with Gasteiger partial charge in [-0.25, -0.2) is 13.4 Å². The van der Waals surface area contributed by atoms with E-state index in [0.29, 0.717) is 0 Å². The molecule has 6 heteroatoms. The quantitative estimate of drug-likeness (QED) is 0.869. The third-order valence-corrected chi connectivity index (χ3v) is 3.64. The van der Waals surface area contributed by atoms with E-state index in [1.54, 1.807) is 26.0 Å². The van der Waals surface area contributed by atoms with Gasteiger partial charge in [-0.3, -0.25) is 4.72 Å². The molecule has 0 atom stereocenters. The van der Waals surface area contributed by atoms with Gasteiger partial charge in [0, 0.05) is 6.20 Å². The minimum atomic E-state index is -3.37. The highest BCUT2D eigenvalue weighted by Gasteiger charge is 2.17. The van der Waals surface area contributed by atoms with E-state index in [2.05, 4.69) is 9.71 Å². The molecule has 1 N–H and O–H groups in total. The van der Waals surface area contributed by atoms with Crippen LogP contribution in [0.5, 0.6) is 0 Å². The van der Waals surface area contributed by atoms with Crippen LogP contribution >= 0.6 is 11.6 Å². The van der Waals surface area contributed by atoms with Crippen molar-refractivity contribution in [1.29, 1.82) is 0 Å². The molecule has 1 rings (SSSR count). The lowest BCUT2D eigenvalue weighted by Gasteiger charge is -2.10. The average molecular weight is 235 g/mol. The second-order valence-corrected chi connectivity index (χ2v) is 5.67.